The molecule has 5 nitrogen and oxygen atoms in total. The summed E-state index contributed by atoms with van der Waals surface area (Å²) in [5.74, 6) is 1.31. The number of methoxy groups -OCH3 is 1. The van der Waals surface area contributed by atoms with Gasteiger partial charge < -0.3 is 20.5 Å². The van der Waals surface area contributed by atoms with E-state index in [4.69, 9.17) is 4.74 Å². The number of benzene rings is 1. The molecule has 0 bridgehead atoms. The van der Waals surface area contributed by atoms with E-state index < -0.39 is 6.10 Å². The molecule has 0 spiro atoms. The van der Waals surface area contributed by atoms with E-state index in [2.05, 4.69) is 10.6 Å². The zero-order valence-electron chi connectivity index (χ0n) is 12.9. The van der Waals surface area contributed by atoms with Gasteiger partial charge in [0, 0.05) is 13.0 Å². The average Bonchev–Trinajstić information content (AvgIpc) is 3.04. The highest BCUT2D eigenvalue weighted by atomic mass is 35.5. The minimum absolute atomic E-state index is 0. The van der Waals surface area contributed by atoms with Gasteiger partial charge in [-0.05, 0) is 49.5 Å². The third-order valence-corrected chi connectivity index (χ3v) is 3.91. The van der Waals surface area contributed by atoms with Crippen LogP contribution in [0, 0.1) is 5.92 Å². The molecule has 1 saturated heterocycles. The van der Waals surface area contributed by atoms with E-state index in [0.29, 0.717) is 18.1 Å². The first-order valence-corrected chi connectivity index (χ1v) is 7.48. The molecule has 1 aliphatic rings. The maximum atomic E-state index is 11.8. The molecule has 1 heterocycles. The molecule has 124 valence electrons. The van der Waals surface area contributed by atoms with Crippen molar-refractivity contribution in [2.24, 2.45) is 5.92 Å². The lowest BCUT2D eigenvalue weighted by Crippen LogP contribution is -2.28. The molecule has 1 amide bonds. The zero-order chi connectivity index (χ0) is 15.1. The van der Waals surface area contributed by atoms with Gasteiger partial charge in [0.05, 0.1) is 13.2 Å². The number of aliphatic hydroxyl groups excluding tert-OH is 1. The summed E-state index contributed by atoms with van der Waals surface area (Å²) in [5, 5.41) is 16.2. The number of amides is 1. The van der Waals surface area contributed by atoms with Gasteiger partial charge >= 0.3 is 0 Å². The van der Waals surface area contributed by atoms with Crippen molar-refractivity contribution < 1.29 is 14.6 Å². The molecule has 2 atom stereocenters. The van der Waals surface area contributed by atoms with Crippen LogP contribution in [-0.2, 0) is 4.79 Å². The fourth-order valence-corrected chi connectivity index (χ4v) is 2.56. The fourth-order valence-electron chi connectivity index (χ4n) is 2.56. The number of carbonyl (C=O) groups excluding carboxylic acids is 1. The van der Waals surface area contributed by atoms with E-state index in [1.807, 2.05) is 18.2 Å². The van der Waals surface area contributed by atoms with Crippen molar-refractivity contribution in [2.45, 2.75) is 25.4 Å². The van der Waals surface area contributed by atoms with E-state index in [9.17, 15) is 9.90 Å². The Morgan fingerprint density at radius 3 is 3.05 bits per heavy atom. The second kappa shape index (κ2) is 9.66. The third-order valence-electron chi connectivity index (χ3n) is 3.91. The van der Waals surface area contributed by atoms with Crippen LogP contribution in [0.15, 0.2) is 24.3 Å². The smallest absolute Gasteiger partial charge is 0.220 e. The standard InChI is InChI=1S/C16H24N2O3.ClH/c1-21-14-4-2-3-13(9-14)15(19)11-18-16(20)6-5-12-7-8-17-10-12;/h2-4,9,12,15,17,19H,5-8,10-11H2,1H3,(H,18,20);1H. The summed E-state index contributed by atoms with van der Waals surface area (Å²) in [6, 6.07) is 7.25. The highest BCUT2D eigenvalue weighted by molar-refractivity contribution is 5.85. The van der Waals surface area contributed by atoms with Crippen LogP contribution in [0.1, 0.15) is 30.9 Å². The number of hydrogen-bond acceptors (Lipinski definition) is 4. The normalized spacial score (nSPS) is 18.4. The maximum Gasteiger partial charge on any atom is 0.220 e. The van der Waals surface area contributed by atoms with Crippen molar-refractivity contribution in [3.63, 3.8) is 0 Å². The van der Waals surface area contributed by atoms with E-state index in [0.717, 1.165) is 31.5 Å². The molecule has 1 aromatic rings. The Morgan fingerprint density at radius 1 is 1.55 bits per heavy atom. The fraction of sp³-hybridized carbons (Fsp3) is 0.562. The summed E-state index contributed by atoms with van der Waals surface area (Å²) < 4.78 is 5.12. The van der Waals surface area contributed by atoms with Crippen molar-refractivity contribution in [2.75, 3.05) is 26.7 Å². The van der Waals surface area contributed by atoms with Crippen molar-refractivity contribution in [1.29, 1.82) is 0 Å². The van der Waals surface area contributed by atoms with Gasteiger partial charge in [0.15, 0.2) is 0 Å². The molecule has 1 aromatic carbocycles. The van der Waals surface area contributed by atoms with Crippen LogP contribution in [0.2, 0.25) is 0 Å². The first-order chi connectivity index (χ1) is 10.2. The van der Waals surface area contributed by atoms with Crippen LogP contribution >= 0.6 is 12.4 Å². The summed E-state index contributed by atoms with van der Waals surface area (Å²) in [5.41, 5.74) is 0.745. The average molecular weight is 329 g/mol. The Balaban J connectivity index is 0.00000242. The van der Waals surface area contributed by atoms with Crippen molar-refractivity contribution >= 4 is 18.3 Å². The summed E-state index contributed by atoms with van der Waals surface area (Å²) in [6.07, 6.45) is 1.88. The Morgan fingerprint density at radius 2 is 2.36 bits per heavy atom. The first-order valence-electron chi connectivity index (χ1n) is 7.48. The van der Waals surface area contributed by atoms with E-state index >= 15 is 0 Å². The lowest BCUT2D eigenvalue weighted by Gasteiger charge is -2.14. The number of aliphatic hydroxyl groups is 1. The Bertz CT molecular complexity index is 464. The van der Waals surface area contributed by atoms with E-state index in [1.165, 1.54) is 0 Å². The number of nitrogens with one attached hydrogen (secondary N) is 2. The predicted octanol–water partition coefficient (Wildman–Crippen LogP) is 1.66. The number of hydrogen-bond donors (Lipinski definition) is 3. The quantitative estimate of drug-likeness (QED) is 0.712. The number of carbonyl (C=O) groups is 1. The Labute approximate surface area is 137 Å². The Hall–Kier alpha value is -1.30. The summed E-state index contributed by atoms with van der Waals surface area (Å²) in [4.78, 5) is 11.8. The van der Waals surface area contributed by atoms with Gasteiger partial charge in [-0.25, -0.2) is 0 Å². The lowest BCUT2D eigenvalue weighted by atomic mass is 10.0. The molecule has 22 heavy (non-hydrogen) atoms. The topological polar surface area (TPSA) is 70.6 Å². The van der Waals surface area contributed by atoms with E-state index in [-0.39, 0.29) is 24.9 Å². The van der Waals surface area contributed by atoms with Crippen LogP contribution in [-0.4, -0.2) is 37.8 Å². The Kier molecular flexibility index (Phi) is 8.24. The molecule has 0 radical (unpaired) electrons. The summed E-state index contributed by atoms with van der Waals surface area (Å²) >= 11 is 0. The van der Waals surface area contributed by atoms with Gasteiger partial charge in [-0.15, -0.1) is 12.4 Å². The van der Waals surface area contributed by atoms with Crippen LogP contribution in [0.3, 0.4) is 0 Å². The second-order valence-electron chi connectivity index (χ2n) is 5.49. The molecule has 0 aliphatic carbocycles. The zero-order valence-corrected chi connectivity index (χ0v) is 13.7. The molecular weight excluding hydrogens is 304 g/mol. The molecule has 2 rings (SSSR count). The SMILES string of the molecule is COc1cccc(C(O)CNC(=O)CCC2CCNC2)c1.Cl. The molecule has 6 heteroatoms. The predicted molar refractivity (Wildman–Crippen MR) is 88.4 cm³/mol. The summed E-state index contributed by atoms with van der Waals surface area (Å²) in [7, 11) is 1.59. The van der Waals surface area contributed by atoms with Crippen molar-refractivity contribution in [1.82, 2.24) is 10.6 Å². The molecule has 1 aliphatic heterocycles. The molecule has 0 saturated carbocycles. The molecular formula is C16H25ClN2O3. The summed E-state index contributed by atoms with van der Waals surface area (Å²) in [6.45, 7) is 2.30. The molecule has 2 unspecified atom stereocenters. The third kappa shape index (κ3) is 5.83. The van der Waals surface area contributed by atoms with Crippen LogP contribution in [0.4, 0.5) is 0 Å². The minimum atomic E-state index is -0.711. The van der Waals surface area contributed by atoms with Gasteiger partial charge in [-0.2, -0.15) is 0 Å². The van der Waals surface area contributed by atoms with Gasteiger partial charge in [-0.3, -0.25) is 4.79 Å². The second-order valence-corrected chi connectivity index (χ2v) is 5.49. The molecule has 1 fully saturated rings. The van der Waals surface area contributed by atoms with Crippen LogP contribution in [0.5, 0.6) is 5.75 Å². The molecule has 0 aromatic heterocycles. The van der Waals surface area contributed by atoms with E-state index in [1.54, 1.807) is 13.2 Å². The van der Waals surface area contributed by atoms with Gasteiger partial charge in [0.25, 0.3) is 0 Å². The first kappa shape index (κ1) is 18.7. The number of ether oxygens (including phenoxy) is 1. The van der Waals surface area contributed by atoms with Gasteiger partial charge in [0.2, 0.25) is 5.91 Å². The minimum Gasteiger partial charge on any atom is -0.497 e. The number of halogens is 1. The van der Waals surface area contributed by atoms with Gasteiger partial charge in [-0.1, -0.05) is 12.1 Å². The van der Waals surface area contributed by atoms with Crippen molar-refractivity contribution in [3.05, 3.63) is 29.8 Å². The largest absolute Gasteiger partial charge is 0.497 e. The molecule has 3 N–H and O–H groups in total. The highest BCUT2D eigenvalue weighted by Gasteiger charge is 2.16. The lowest BCUT2D eigenvalue weighted by molar-refractivity contribution is -0.121. The van der Waals surface area contributed by atoms with Crippen LogP contribution in [0.25, 0.3) is 0 Å². The number of rotatable bonds is 7. The highest BCUT2D eigenvalue weighted by Crippen LogP contribution is 2.18. The maximum absolute atomic E-state index is 11.8. The van der Waals surface area contributed by atoms with Crippen molar-refractivity contribution in [3.8, 4) is 5.75 Å². The monoisotopic (exact) mass is 328 g/mol. The van der Waals surface area contributed by atoms with Gasteiger partial charge in [0.1, 0.15) is 5.75 Å². The van der Waals surface area contributed by atoms with Crippen LogP contribution < -0.4 is 15.4 Å².